The number of benzene rings is 1. The van der Waals surface area contributed by atoms with E-state index in [0.29, 0.717) is 6.42 Å². The predicted molar refractivity (Wildman–Crippen MR) is 65.5 cm³/mol. The third kappa shape index (κ3) is 1.98. The molecule has 3 nitrogen and oxygen atoms in total. The molecule has 0 atom stereocenters. The molecule has 84 valence electrons. The molecular formula is C13H16N2O. The van der Waals surface area contributed by atoms with E-state index in [9.17, 15) is 4.79 Å². The molecule has 0 saturated heterocycles. The van der Waals surface area contributed by atoms with Crippen LogP contribution in [0.3, 0.4) is 0 Å². The number of aliphatic imine (C=N–C) groups is 1. The number of amidine groups is 1. The van der Waals surface area contributed by atoms with Crippen LogP contribution in [0.15, 0.2) is 23.2 Å². The van der Waals surface area contributed by atoms with Gasteiger partial charge in [0.1, 0.15) is 5.84 Å². The first-order valence-corrected chi connectivity index (χ1v) is 5.46. The highest BCUT2D eigenvalue weighted by molar-refractivity contribution is 6.01. The second-order valence-corrected chi connectivity index (χ2v) is 4.32. The fourth-order valence-electron chi connectivity index (χ4n) is 1.78. The fourth-order valence-corrected chi connectivity index (χ4v) is 1.78. The van der Waals surface area contributed by atoms with E-state index in [-0.39, 0.29) is 5.78 Å². The highest BCUT2D eigenvalue weighted by Crippen LogP contribution is 2.26. The zero-order valence-electron chi connectivity index (χ0n) is 9.95. The minimum atomic E-state index is 0.245. The Morgan fingerprint density at radius 2 is 2.06 bits per heavy atom. The number of nitrogens with zero attached hydrogens (tertiary/aromatic N) is 2. The molecule has 0 N–H and O–H groups in total. The van der Waals surface area contributed by atoms with Crippen LogP contribution in [0.5, 0.6) is 0 Å². The molecule has 0 saturated carbocycles. The Bertz CT molecular complexity index is 461. The van der Waals surface area contributed by atoms with Crippen LogP contribution in [0.1, 0.15) is 29.3 Å². The van der Waals surface area contributed by atoms with Gasteiger partial charge in [0.15, 0.2) is 5.78 Å². The van der Waals surface area contributed by atoms with Gasteiger partial charge in [-0.05, 0) is 31.0 Å². The maximum atomic E-state index is 11.6. The van der Waals surface area contributed by atoms with Crippen molar-refractivity contribution < 1.29 is 4.79 Å². The smallest absolute Gasteiger partial charge is 0.163 e. The second kappa shape index (κ2) is 4.08. The van der Waals surface area contributed by atoms with Gasteiger partial charge in [-0.2, -0.15) is 0 Å². The Morgan fingerprint density at radius 3 is 2.75 bits per heavy atom. The highest BCUT2D eigenvalue weighted by Gasteiger charge is 2.19. The van der Waals surface area contributed by atoms with Crippen LogP contribution in [-0.2, 0) is 6.42 Å². The number of hydrogen-bond acceptors (Lipinski definition) is 2. The highest BCUT2D eigenvalue weighted by atomic mass is 16.1. The van der Waals surface area contributed by atoms with Gasteiger partial charge in [0.25, 0.3) is 0 Å². The zero-order chi connectivity index (χ0) is 11.7. The molecule has 1 aliphatic rings. The lowest BCUT2D eigenvalue weighted by Crippen LogP contribution is -2.17. The quantitative estimate of drug-likeness (QED) is 0.533. The molecule has 2 rings (SSSR count). The van der Waals surface area contributed by atoms with Gasteiger partial charge < -0.3 is 4.90 Å². The lowest BCUT2D eigenvalue weighted by molar-refractivity contribution is 0.0994. The number of ketones is 1. The molecule has 0 fully saturated rings. The molecule has 0 unspecified atom stereocenters. The van der Waals surface area contributed by atoms with Gasteiger partial charge in [0, 0.05) is 26.1 Å². The van der Waals surface area contributed by atoms with E-state index in [1.54, 1.807) is 0 Å². The summed E-state index contributed by atoms with van der Waals surface area (Å²) in [6.45, 7) is 1.95. The van der Waals surface area contributed by atoms with Crippen molar-refractivity contribution in [1.29, 1.82) is 0 Å². The summed E-state index contributed by atoms with van der Waals surface area (Å²) >= 11 is 0. The summed E-state index contributed by atoms with van der Waals surface area (Å²) in [7, 11) is 3.91. The summed E-state index contributed by atoms with van der Waals surface area (Å²) in [5.41, 5.74) is 2.87. The number of Topliss-reactive ketones (excluding diaryl/α,β-unsaturated/α-hetero) is 1. The third-order valence-electron chi connectivity index (χ3n) is 2.95. The van der Waals surface area contributed by atoms with Gasteiger partial charge >= 0.3 is 0 Å². The standard InChI is InChI=1S/C13H16N2O/c1-9(15(2)3)14-11-6-4-10-5-7-13(16)12(10)8-11/h4,6,8H,5,7H2,1-3H3. The SMILES string of the molecule is CC(=Nc1ccc2c(c1)C(=O)CC2)N(C)C. The second-order valence-electron chi connectivity index (χ2n) is 4.32. The molecule has 0 radical (unpaired) electrons. The van der Waals surface area contributed by atoms with E-state index in [1.165, 1.54) is 0 Å². The predicted octanol–water partition coefficient (Wildman–Crippen LogP) is 2.43. The normalized spacial score (nSPS) is 15.2. The van der Waals surface area contributed by atoms with E-state index in [4.69, 9.17) is 0 Å². The van der Waals surface area contributed by atoms with E-state index in [0.717, 1.165) is 29.1 Å². The van der Waals surface area contributed by atoms with Crippen LogP contribution < -0.4 is 0 Å². The Kier molecular flexibility index (Phi) is 2.77. The average molecular weight is 216 g/mol. The van der Waals surface area contributed by atoms with Crippen molar-refractivity contribution in [1.82, 2.24) is 4.90 Å². The van der Waals surface area contributed by atoms with Crippen molar-refractivity contribution in [3.05, 3.63) is 29.3 Å². The minimum Gasteiger partial charge on any atom is -0.366 e. The summed E-state index contributed by atoms with van der Waals surface area (Å²) in [6, 6.07) is 5.89. The third-order valence-corrected chi connectivity index (χ3v) is 2.95. The molecular weight excluding hydrogens is 200 g/mol. The molecule has 1 aliphatic carbocycles. The van der Waals surface area contributed by atoms with E-state index in [1.807, 2.05) is 44.1 Å². The van der Waals surface area contributed by atoms with Gasteiger partial charge in [-0.25, -0.2) is 4.99 Å². The van der Waals surface area contributed by atoms with Crippen LogP contribution in [-0.4, -0.2) is 30.6 Å². The van der Waals surface area contributed by atoms with E-state index in [2.05, 4.69) is 4.99 Å². The molecule has 3 heteroatoms. The first-order valence-electron chi connectivity index (χ1n) is 5.46. The Balaban J connectivity index is 2.35. The van der Waals surface area contributed by atoms with Gasteiger partial charge in [-0.15, -0.1) is 0 Å². The van der Waals surface area contributed by atoms with E-state index < -0.39 is 0 Å². The summed E-state index contributed by atoms with van der Waals surface area (Å²) in [5, 5.41) is 0. The number of carbonyl (C=O) groups is 1. The summed E-state index contributed by atoms with van der Waals surface area (Å²) in [5.74, 6) is 1.18. The number of rotatable bonds is 1. The first-order chi connectivity index (χ1) is 7.58. The molecule has 1 aromatic carbocycles. The lowest BCUT2D eigenvalue weighted by Gasteiger charge is -2.11. The Labute approximate surface area is 95.8 Å². The van der Waals surface area contributed by atoms with Crippen LogP contribution in [0.2, 0.25) is 0 Å². The molecule has 0 amide bonds. The summed E-state index contributed by atoms with van der Waals surface area (Å²) < 4.78 is 0. The maximum Gasteiger partial charge on any atom is 0.163 e. The summed E-state index contributed by atoms with van der Waals surface area (Å²) in [6.07, 6.45) is 1.53. The largest absolute Gasteiger partial charge is 0.366 e. The van der Waals surface area contributed by atoms with Gasteiger partial charge in [-0.1, -0.05) is 6.07 Å². The van der Waals surface area contributed by atoms with Crippen molar-refractivity contribution in [2.45, 2.75) is 19.8 Å². The molecule has 1 aromatic rings. The molecule has 0 bridgehead atoms. The lowest BCUT2D eigenvalue weighted by atomic mass is 10.1. The molecule has 16 heavy (non-hydrogen) atoms. The van der Waals surface area contributed by atoms with Crippen molar-refractivity contribution in [3.63, 3.8) is 0 Å². The number of fused-ring (bicyclic) bond motifs is 1. The Hall–Kier alpha value is -1.64. The van der Waals surface area contributed by atoms with Crippen LogP contribution in [0, 0.1) is 0 Å². The maximum absolute atomic E-state index is 11.6. The van der Waals surface area contributed by atoms with Crippen molar-refractivity contribution in [2.75, 3.05) is 14.1 Å². The molecule has 0 spiro atoms. The van der Waals surface area contributed by atoms with Gasteiger partial charge in [-0.3, -0.25) is 4.79 Å². The Morgan fingerprint density at radius 1 is 1.31 bits per heavy atom. The molecule has 0 aliphatic heterocycles. The van der Waals surface area contributed by atoms with Gasteiger partial charge in [0.2, 0.25) is 0 Å². The van der Waals surface area contributed by atoms with Crippen molar-refractivity contribution in [3.8, 4) is 0 Å². The molecule has 0 heterocycles. The monoisotopic (exact) mass is 216 g/mol. The van der Waals surface area contributed by atoms with Crippen molar-refractivity contribution in [2.24, 2.45) is 4.99 Å². The minimum absolute atomic E-state index is 0.245. The topological polar surface area (TPSA) is 32.7 Å². The fraction of sp³-hybridized carbons (Fsp3) is 0.385. The summed E-state index contributed by atoms with van der Waals surface area (Å²) in [4.78, 5) is 18.0. The number of carbonyl (C=O) groups excluding carboxylic acids is 1. The first kappa shape index (κ1) is 10.9. The zero-order valence-corrected chi connectivity index (χ0v) is 9.95. The number of aryl methyl sites for hydroxylation is 1. The van der Waals surface area contributed by atoms with E-state index >= 15 is 0 Å². The number of hydrogen-bond donors (Lipinski definition) is 0. The van der Waals surface area contributed by atoms with Gasteiger partial charge in [0.05, 0.1) is 5.69 Å². The molecule has 0 aromatic heterocycles. The van der Waals surface area contributed by atoms with Crippen LogP contribution in [0.25, 0.3) is 0 Å². The average Bonchev–Trinajstić information content (AvgIpc) is 2.60. The van der Waals surface area contributed by atoms with Crippen LogP contribution in [0.4, 0.5) is 5.69 Å². The van der Waals surface area contributed by atoms with Crippen molar-refractivity contribution >= 4 is 17.3 Å². The van der Waals surface area contributed by atoms with Crippen LogP contribution >= 0.6 is 0 Å².